The van der Waals surface area contributed by atoms with Crippen LogP contribution >= 0.6 is 0 Å². The number of carboxylic acids is 1. The van der Waals surface area contributed by atoms with Crippen LogP contribution < -0.4 is 4.74 Å². The standard InChI is InChI=1S/C8H6FNO5/c1-15-7-5(10(13)14)3-2-4(9)6(7)8(11)12/h2-3H,1H3,(H,11,12). The van der Waals surface area contributed by atoms with E-state index >= 15 is 0 Å². The van der Waals surface area contributed by atoms with Gasteiger partial charge in [-0.3, -0.25) is 10.1 Å². The highest BCUT2D eigenvalue weighted by molar-refractivity contribution is 5.92. The Labute approximate surface area is 83.0 Å². The first-order valence-corrected chi connectivity index (χ1v) is 3.73. The fourth-order valence-corrected chi connectivity index (χ4v) is 1.10. The van der Waals surface area contributed by atoms with Crippen LogP contribution in [0.5, 0.6) is 5.75 Å². The topological polar surface area (TPSA) is 89.7 Å². The van der Waals surface area contributed by atoms with Crippen molar-refractivity contribution in [1.82, 2.24) is 0 Å². The highest BCUT2D eigenvalue weighted by atomic mass is 19.1. The van der Waals surface area contributed by atoms with Gasteiger partial charge in [0.2, 0.25) is 5.75 Å². The monoisotopic (exact) mass is 215 g/mol. The third kappa shape index (κ3) is 1.85. The number of carbonyl (C=O) groups is 1. The molecule has 1 aromatic carbocycles. The third-order valence-corrected chi connectivity index (χ3v) is 1.70. The normalized spacial score (nSPS) is 9.73. The second-order valence-corrected chi connectivity index (χ2v) is 2.54. The number of aromatic carboxylic acids is 1. The molecule has 0 amide bonds. The molecule has 0 spiro atoms. The lowest BCUT2D eigenvalue weighted by Gasteiger charge is -2.05. The second kappa shape index (κ2) is 3.91. The molecule has 80 valence electrons. The summed E-state index contributed by atoms with van der Waals surface area (Å²) in [5, 5.41) is 19.1. The van der Waals surface area contributed by atoms with Gasteiger partial charge in [-0.1, -0.05) is 0 Å². The molecule has 0 fully saturated rings. The Morgan fingerprint density at radius 1 is 1.60 bits per heavy atom. The highest BCUT2D eigenvalue weighted by Crippen LogP contribution is 2.32. The number of ether oxygens (including phenoxy) is 1. The van der Waals surface area contributed by atoms with Crippen LogP contribution in [0.25, 0.3) is 0 Å². The molecule has 0 radical (unpaired) electrons. The molecule has 0 aliphatic carbocycles. The molecule has 7 heteroatoms. The molecule has 1 aromatic rings. The van der Waals surface area contributed by atoms with Crippen molar-refractivity contribution in [2.24, 2.45) is 0 Å². The summed E-state index contributed by atoms with van der Waals surface area (Å²) in [6, 6.07) is 1.56. The fourth-order valence-electron chi connectivity index (χ4n) is 1.10. The van der Waals surface area contributed by atoms with Crippen molar-refractivity contribution in [2.75, 3.05) is 7.11 Å². The summed E-state index contributed by atoms with van der Waals surface area (Å²) in [4.78, 5) is 20.3. The average Bonchev–Trinajstić information content (AvgIpc) is 2.15. The number of nitro benzene ring substituents is 1. The molecule has 0 aromatic heterocycles. The Balaban J connectivity index is 3.54. The van der Waals surface area contributed by atoms with Gasteiger partial charge in [0.15, 0.2) is 0 Å². The van der Waals surface area contributed by atoms with Gasteiger partial charge in [-0.25, -0.2) is 9.18 Å². The molecule has 0 unspecified atom stereocenters. The first-order chi connectivity index (χ1) is 6.99. The number of carboxylic acid groups (broad SMARTS) is 1. The molecule has 1 rings (SSSR count). The van der Waals surface area contributed by atoms with Crippen LogP contribution in [0.2, 0.25) is 0 Å². The maximum absolute atomic E-state index is 13.0. The minimum Gasteiger partial charge on any atom is -0.489 e. The molecule has 0 aliphatic rings. The molecule has 0 saturated heterocycles. The second-order valence-electron chi connectivity index (χ2n) is 2.54. The van der Waals surface area contributed by atoms with Crippen LogP contribution in [-0.4, -0.2) is 23.1 Å². The molecule has 0 bridgehead atoms. The van der Waals surface area contributed by atoms with E-state index in [1.807, 2.05) is 0 Å². The van der Waals surface area contributed by atoms with Crippen LogP contribution in [0.4, 0.5) is 10.1 Å². The summed E-state index contributed by atoms with van der Waals surface area (Å²) < 4.78 is 17.6. The Hall–Kier alpha value is -2.18. The highest BCUT2D eigenvalue weighted by Gasteiger charge is 2.26. The van der Waals surface area contributed by atoms with Crippen LogP contribution in [0.15, 0.2) is 12.1 Å². The lowest BCUT2D eigenvalue weighted by molar-refractivity contribution is -0.385. The van der Waals surface area contributed by atoms with E-state index in [2.05, 4.69) is 4.74 Å². The van der Waals surface area contributed by atoms with Gasteiger partial charge >= 0.3 is 11.7 Å². The number of hydrogen-bond acceptors (Lipinski definition) is 4. The molecule has 0 atom stereocenters. The van der Waals surface area contributed by atoms with Crippen LogP contribution in [0.3, 0.4) is 0 Å². The van der Waals surface area contributed by atoms with Crippen LogP contribution in [0.1, 0.15) is 10.4 Å². The van der Waals surface area contributed by atoms with Crippen molar-refractivity contribution >= 4 is 11.7 Å². The summed E-state index contributed by atoms with van der Waals surface area (Å²) in [6.07, 6.45) is 0. The molecule has 0 aliphatic heterocycles. The van der Waals surface area contributed by atoms with Crippen LogP contribution in [0, 0.1) is 15.9 Å². The zero-order valence-corrected chi connectivity index (χ0v) is 7.56. The Morgan fingerprint density at radius 3 is 2.60 bits per heavy atom. The van der Waals surface area contributed by atoms with E-state index in [-0.39, 0.29) is 0 Å². The number of rotatable bonds is 3. The van der Waals surface area contributed by atoms with Gasteiger partial charge in [-0.15, -0.1) is 0 Å². The van der Waals surface area contributed by atoms with E-state index in [1.165, 1.54) is 0 Å². The first kappa shape index (κ1) is 10.9. The molecule has 15 heavy (non-hydrogen) atoms. The molecule has 0 heterocycles. The summed E-state index contributed by atoms with van der Waals surface area (Å²) >= 11 is 0. The fraction of sp³-hybridized carbons (Fsp3) is 0.125. The van der Waals surface area contributed by atoms with Gasteiger partial charge in [-0.05, 0) is 6.07 Å². The quantitative estimate of drug-likeness (QED) is 0.608. The van der Waals surface area contributed by atoms with Gasteiger partial charge < -0.3 is 9.84 Å². The Kier molecular flexibility index (Phi) is 2.84. The predicted octanol–water partition coefficient (Wildman–Crippen LogP) is 1.44. The van der Waals surface area contributed by atoms with E-state index in [4.69, 9.17) is 5.11 Å². The zero-order chi connectivity index (χ0) is 11.6. The maximum Gasteiger partial charge on any atom is 0.342 e. The minimum absolute atomic E-state index is 0.587. The Bertz CT molecular complexity index is 431. The van der Waals surface area contributed by atoms with Crippen molar-refractivity contribution in [3.05, 3.63) is 33.6 Å². The number of nitro groups is 1. The third-order valence-electron chi connectivity index (χ3n) is 1.70. The minimum atomic E-state index is -1.62. The first-order valence-electron chi connectivity index (χ1n) is 3.73. The number of methoxy groups -OCH3 is 1. The summed E-state index contributed by atoms with van der Waals surface area (Å²) in [6.45, 7) is 0. The largest absolute Gasteiger partial charge is 0.489 e. The molecular formula is C8H6FNO5. The van der Waals surface area contributed by atoms with E-state index in [1.54, 1.807) is 0 Å². The summed E-state index contributed by atoms with van der Waals surface area (Å²) in [7, 11) is 1.04. The van der Waals surface area contributed by atoms with Crippen molar-refractivity contribution in [1.29, 1.82) is 0 Å². The maximum atomic E-state index is 13.0. The van der Waals surface area contributed by atoms with Gasteiger partial charge in [0.25, 0.3) is 0 Å². The lowest BCUT2D eigenvalue weighted by Crippen LogP contribution is -2.06. The van der Waals surface area contributed by atoms with Crippen molar-refractivity contribution in [2.45, 2.75) is 0 Å². The smallest absolute Gasteiger partial charge is 0.342 e. The summed E-state index contributed by atoms with van der Waals surface area (Å²) in [5.41, 5.74) is -1.43. The van der Waals surface area contributed by atoms with E-state index in [0.29, 0.717) is 6.07 Å². The van der Waals surface area contributed by atoms with Crippen molar-refractivity contribution in [3.8, 4) is 5.75 Å². The SMILES string of the molecule is COc1c([N+](=O)[O-])ccc(F)c1C(=O)O. The van der Waals surface area contributed by atoms with Crippen molar-refractivity contribution < 1.29 is 24.0 Å². The number of hydrogen-bond donors (Lipinski definition) is 1. The lowest BCUT2D eigenvalue weighted by atomic mass is 10.1. The van der Waals surface area contributed by atoms with Gasteiger partial charge in [0.1, 0.15) is 11.4 Å². The number of halogens is 1. The van der Waals surface area contributed by atoms with Crippen molar-refractivity contribution in [3.63, 3.8) is 0 Å². The van der Waals surface area contributed by atoms with E-state index in [9.17, 15) is 19.3 Å². The van der Waals surface area contributed by atoms with E-state index in [0.717, 1.165) is 13.2 Å². The van der Waals surface area contributed by atoms with Gasteiger partial charge in [0.05, 0.1) is 12.0 Å². The number of benzene rings is 1. The van der Waals surface area contributed by atoms with Gasteiger partial charge in [-0.2, -0.15) is 0 Å². The molecule has 6 nitrogen and oxygen atoms in total. The number of nitrogens with zero attached hydrogens (tertiary/aromatic N) is 1. The molecule has 1 N–H and O–H groups in total. The van der Waals surface area contributed by atoms with Gasteiger partial charge in [0, 0.05) is 6.07 Å². The predicted molar refractivity (Wildman–Crippen MR) is 46.6 cm³/mol. The molecule has 0 saturated carbocycles. The van der Waals surface area contributed by atoms with Crippen LogP contribution in [-0.2, 0) is 0 Å². The average molecular weight is 215 g/mol. The zero-order valence-electron chi connectivity index (χ0n) is 7.56. The van der Waals surface area contributed by atoms with E-state index < -0.39 is 33.7 Å². The Morgan fingerprint density at radius 2 is 2.20 bits per heavy atom. The summed E-state index contributed by atoms with van der Waals surface area (Å²) in [5.74, 6) is -3.29. The molecular weight excluding hydrogens is 209 g/mol.